The zero-order chi connectivity index (χ0) is 19.1. The van der Waals surface area contributed by atoms with Crippen molar-refractivity contribution in [3.05, 3.63) is 46.7 Å². The quantitative estimate of drug-likeness (QED) is 0.750. The van der Waals surface area contributed by atoms with Gasteiger partial charge in [-0.3, -0.25) is 4.79 Å². The third-order valence-corrected chi connectivity index (χ3v) is 5.42. The minimum atomic E-state index is -0.642. The maximum Gasteiger partial charge on any atom is 0.224 e. The molecule has 0 bridgehead atoms. The summed E-state index contributed by atoms with van der Waals surface area (Å²) in [5.41, 5.74) is 1.09. The molecular formula is C20H26N2O4S. The molecule has 1 aromatic carbocycles. The summed E-state index contributed by atoms with van der Waals surface area (Å²) in [5, 5.41) is 12.5. The molecule has 0 aliphatic carbocycles. The first-order valence-corrected chi connectivity index (χ1v) is 9.99. The number of hydrogen-bond donors (Lipinski definition) is 1. The number of rotatable bonds is 8. The smallest absolute Gasteiger partial charge is 0.224 e. The fourth-order valence-corrected chi connectivity index (χ4v) is 4.03. The number of aliphatic hydroxyl groups is 1. The summed E-state index contributed by atoms with van der Waals surface area (Å²) in [5.74, 6) is 0.857. The summed E-state index contributed by atoms with van der Waals surface area (Å²) in [6, 6.07) is 11.5. The lowest BCUT2D eigenvalue weighted by Gasteiger charge is -2.32. The molecule has 3 rings (SSSR count). The van der Waals surface area contributed by atoms with E-state index < -0.39 is 6.10 Å². The van der Waals surface area contributed by atoms with Gasteiger partial charge in [0.05, 0.1) is 18.8 Å². The highest BCUT2D eigenvalue weighted by Gasteiger charge is 2.24. The van der Waals surface area contributed by atoms with Gasteiger partial charge in [-0.05, 0) is 23.6 Å². The Labute approximate surface area is 163 Å². The zero-order valence-corrected chi connectivity index (χ0v) is 16.4. The molecule has 1 N–H and O–H groups in total. The summed E-state index contributed by atoms with van der Waals surface area (Å²) in [4.78, 5) is 17.6. The van der Waals surface area contributed by atoms with Crippen molar-refractivity contribution < 1.29 is 19.4 Å². The first-order chi connectivity index (χ1) is 13.2. The highest BCUT2D eigenvalue weighted by molar-refractivity contribution is 7.10. The summed E-state index contributed by atoms with van der Waals surface area (Å²) in [6.07, 6.45) is -0.220. The Morgan fingerprint density at radius 1 is 1.22 bits per heavy atom. The van der Waals surface area contributed by atoms with Gasteiger partial charge in [0.25, 0.3) is 0 Å². The van der Waals surface area contributed by atoms with Crippen LogP contribution in [-0.2, 0) is 16.1 Å². The maximum absolute atomic E-state index is 12.5. The molecule has 6 nitrogen and oxygen atoms in total. The summed E-state index contributed by atoms with van der Waals surface area (Å²) in [7, 11) is 1.64. The molecule has 27 heavy (non-hydrogen) atoms. The van der Waals surface area contributed by atoms with Crippen LogP contribution in [0, 0.1) is 0 Å². The molecule has 7 heteroatoms. The second kappa shape index (κ2) is 9.73. The lowest BCUT2D eigenvalue weighted by Crippen LogP contribution is -2.42. The standard InChI is InChI=1S/C20H26N2O4S/c1-25-11-10-22-14-19-18(8-12-27-19)21(9-7-20(22)24)13-16(23)15-26-17-5-3-2-4-6-17/h2-6,8,12,16,23H,7,9-11,13-15H2,1H3. The first-order valence-electron chi connectivity index (χ1n) is 9.11. The second-order valence-electron chi connectivity index (χ2n) is 6.51. The number of amides is 1. The van der Waals surface area contributed by atoms with Crippen LogP contribution in [0.2, 0.25) is 0 Å². The van der Waals surface area contributed by atoms with Gasteiger partial charge in [0.2, 0.25) is 5.91 Å². The molecule has 1 aliphatic heterocycles. The minimum Gasteiger partial charge on any atom is -0.491 e. The highest BCUT2D eigenvalue weighted by Crippen LogP contribution is 2.30. The van der Waals surface area contributed by atoms with E-state index in [9.17, 15) is 9.90 Å². The van der Waals surface area contributed by atoms with Gasteiger partial charge in [-0.25, -0.2) is 0 Å². The van der Waals surface area contributed by atoms with Crippen molar-refractivity contribution in [1.29, 1.82) is 0 Å². The molecular weight excluding hydrogens is 364 g/mol. The van der Waals surface area contributed by atoms with Crippen LogP contribution >= 0.6 is 11.3 Å². The van der Waals surface area contributed by atoms with E-state index in [-0.39, 0.29) is 12.5 Å². The van der Waals surface area contributed by atoms with Gasteiger partial charge in [0.15, 0.2) is 0 Å². The number of carbonyl (C=O) groups excluding carboxylic acids is 1. The Balaban J connectivity index is 1.62. The van der Waals surface area contributed by atoms with Crippen LogP contribution in [0.4, 0.5) is 5.69 Å². The molecule has 146 valence electrons. The van der Waals surface area contributed by atoms with Crippen LogP contribution in [-0.4, -0.2) is 62.0 Å². The number of benzene rings is 1. The zero-order valence-electron chi connectivity index (χ0n) is 15.5. The fraction of sp³-hybridized carbons (Fsp3) is 0.450. The lowest BCUT2D eigenvalue weighted by molar-refractivity contribution is -0.132. The van der Waals surface area contributed by atoms with Gasteiger partial charge in [0, 0.05) is 38.0 Å². The SMILES string of the molecule is COCCN1Cc2sccc2N(CC(O)COc2ccccc2)CCC1=O. The van der Waals surface area contributed by atoms with E-state index in [4.69, 9.17) is 9.47 Å². The number of aliphatic hydroxyl groups excluding tert-OH is 1. The Morgan fingerprint density at radius 3 is 2.81 bits per heavy atom. The van der Waals surface area contributed by atoms with Crippen LogP contribution in [0.1, 0.15) is 11.3 Å². The molecule has 0 spiro atoms. The van der Waals surface area contributed by atoms with E-state index in [1.165, 1.54) is 0 Å². The molecule has 0 saturated heterocycles. The van der Waals surface area contributed by atoms with Crippen molar-refractivity contribution in [2.24, 2.45) is 0 Å². The van der Waals surface area contributed by atoms with Gasteiger partial charge in [-0.1, -0.05) is 18.2 Å². The number of ether oxygens (including phenoxy) is 2. The number of methoxy groups -OCH3 is 1. The van der Waals surface area contributed by atoms with Crippen LogP contribution in [0.3, 0.4) is 0 Å². The number of hydrogen-bond acceptors (Lipinski definition) is 6. The van der Waals surface area contributed by atoms with E-state index in [0.29, 0.717) is 39.2 Å². The van der Waals surface area contributed by atoms with Gasteiger partial charge < -0.3 is 24.4 Å². The number of β-amino-alcohol motifs (C(OH)–C–C–N with tert-alkyl or cyclic N) is 1. The molecule has 1 aliphatic rings. The number of para-hydroxylation sites is 1. The number of nitrogens with zero attached hydrogens (tertiary/aromatic N) is 2. The van der Waals surface area contributed by atoms with Gasteiger partial charge in [0.1, 0.15) is 18.5 Å². The molecule has 0 saturated carbocycles. The van der Waals surface area contributed by atoms with Crippen LogP contribution < -0.4 is 9.64 Å². The molecule has 1 atom stereocenters. The molecule has 1 amide bonds. The molecule has 2 heterocycles. The molecule has 1 aromatic heterocycles. The maximum atomic E-state index is 12.5. The van der Waals surface area contributed by atoms with Crippen LogP contribution in [0.5, 0.6) is 5.75 Å². The van der Waals surface area contributed by atoms with E-state index >= 15 is 0 Å². The Morgan fingerprint density at radius 2 is 2.04 bits per heavy atom. The fourth-order valence-electron chi connectivity index (χ4n) is 3.12. The van der Waals surface area contributed by atoms with E-state index in [2.05, 4.69) is 11.0 Å². The van der Waals surface area contributed by atoms with Gasteiger partial charge >= 0.3 is 0 Å². The van der Waals surface area contributed by atoms with Crippen LogP contribution in [0.25, 0.3) is 0 Å². The van der Waals surface area contributed by atoms with Crippen LogP contribution in [0.15, 0.2) is 41.8 Å². The largest absolute Gasteiger partial charge is 0.491 e. The third kappa shape index (κ3) is 5.45. The monoisotopic (exact) mass is 390 g/mol. The van der Waals surface area contributed by atoms with Crippen molar-refractivity contribution >= 4 is 22.9 Å². The summed E-state index contributed by atoms with van der Waals surface area (Å²) >= 11 is 1.64. The van der Waals surface area contributed by atoms with Crippen molar-refractivity contribution in [3.63, 3.8) is 0 Å². The first kappa shape index (κ1) is 19.7. The number of fused-ring (bicyclic) bond motifs is 1. The molecule has 2 aromatic rings. The second-order valence-corrected chi connectivity index (χ2v) is 7.51. The average molecular weight is 391 g/mol. The van der Waals surface area contributed by atoms with Crippen molar-refractivity contribution in [2.45, 2.75) is 19.1 Å². The topological polar surface area (TPSA) is 62.2 Å². The van der Waals surface area contributed by atoms with Crippen molar-refractivity contribution in [1.82, 2.24) is 4.90 Å². The summed E-state index contributed by atoms with van der Waals surface area (Å²) < 4.78 is 10.8. The molecule has 0 fully saturated rings. The van der Waals surface area contributed by atoms with Crippen molar-refractivity contribution in [3.8, 4) is 5.75 Å². The van der Waals surface area contributed by atoms with Gasteiger partial charge in [-0.2, -0.15) is 0 Å². The number of thiophene rings is 1. The Hall–Kier alpha value is -2.09. The number of carbonyl (C=O) groups is 1. The van der Waals surface area contributed by atoms with E-state index in [1.807, 2.05) is 40.6 Å². The molecule has 1 unspecified atom stereocenters. The highest BCUT2D eigenvalue weighted by atomic mass is 32.1. The predicted octanol–water partition coefficient (Wildman–Crippen LogP) is 2.37. The normalized spacial score (nSPS) is 15.9. The predicted molar refractivity (Wildman–Crippen MR) is 106 cm³/mol. The van der Waals surface area contributed by atoms with E-state index in [1.54, 1.807) is 18.4 Å². The Kier molecular flexibility index (Phi) is 7.09. The Bertz CT molecular complexity index is 722. The average Bonchev–Trinajstić information content (AvgIpc) is 3.14. The van der Waals surface area contributed by atoms with Crippen molar-refractivity contribution in [2.75, 3.05) is 44.9 Å². The van der Waals surface area contributed by atoms with E-state index in [0.717, 1.165) is 16.3 Å². The molecule has 0 radical (unpaired) electrons. The van der Waals surface area contributed by atoms with Gasteiger partial charge in [-0.15, -0.1) is 11.3 Å². The lowest BCUT2D eigenvalue weighted by atomic mass is 10.2. The minimum absolute atomic E-state index is 0.117. The third-order valence-electron chi connectivity index (χ3n) is 4.53. The number of anilines is 1. The summed E-state index contributed by atoms with van der Waals surface area (Å²) in [6.45, 7) is 2.94.